The molecule has 1 aromatic carbocycles. The van der Waals surface area contributed by atoms with E-state index in [1.54, 1.807) is 6.92 Å². The van der Waals surface area contributed by atoms with Gasteiger partial charge >= 0.3 is 5.97 Å². The van der Waals surface area contributed by atoms with Crippen LogP contribution in [0.15, 0.2) is 18.2 Å². The van der Waals surface area contributed by atoms with Crippen molar-refractivity contribution in [3.05, 3.63) is 34.1 Å². The van der Waals surface area contributed by atoms with E-state index in [4.69, 9.17) is 0 Å². The fraction of sp³-hybridized carbons (Fsp3) is 0.364. The fourth-order valence-corrected chi connectivity index (χ4v) is 1.45. The number of esters is 1. The summed E-state index contributed by atoms with van der Waals surface area (Å²) in [6, 6.07) is 2.65. The summed E-state index contributed by atoms with van der Waals surface area (Å²) in [5.74, 6) is -1.39. The standard InChI is InChI=1S/C11H13FN2O4/c1-3-8(11(15)18-2)13-10-7(12)5-4-6-9(10)14(16)17/h4-6,8,13H,3H2,1-2H3. The fourth-order valence-electron chi connectivity index (χ4n) is 1.45. The molecule has 0 saturated heterocycles. The van der Waals surface area contributed by atoms with Gasteiger partial charge in [0.2, 0.25) is 0 Å². The van der Waals surface area contributed by atoms with Crippen molar-refractivity contribution in [3.8, 4) is 0 Å². The number of hydrogen-bond acceptors (Lipinski definition) is 5. The normalized spacial score (nSPS) is 11.7. The first-order valence-electron chi connectivity index (χ1n) is 5.28. The molecule has 1 N–H and O–H groups in total. The van der Waals surface area contributed by atoms with Crippen LogP contribution in [0.3, 0.4) is 0 Å². The molecule has 1 rings (SSSR count). The van der Waals surface area contributed by atoms with E-state index in [1.165, 1.54) is 13.2 Å². The van der Waals surface area contributed by atoms with Gasteiger partial charge < -0.3 is 10.1 Å². The first-order valence-corrected chi connectivity index (χ1v) is 5.28. The Morgan fingerprint density at radius 3 is 2.78 bits per heavy atom. The average molecular weight is 256 g/mol. The molecule has 0 saturated carbocycles. The number of anilines is 1. The third kappa shape index (κ3) is 2.93. The summed E-state index contributed by atoms with van der Waals surface area (Å²) in [6.45, 7) is 1.68. The Hall–Kier alpha value is -2.18. The Morgan fingerprint density at radius 1 is 1.61 bits per heavy atom. The monoisotopic (exact) mass is 256 g/mol. The molecule has 1 atom stereocenters. The maximum atomic E-state index is 13.6. The van der Waals surface area contributed by atoms with Gasteiger partial charge in [0.15, 0.2) is 5.82 Å². The number of hydrogen-bond donors (Lipinski definition) is 1. The number of methoxy groups -OCH3 is 1. The van der Waals surface area contributed by atoms with Crippen LogP contribution >= 0.6 is 0 Å². The highest BCUT2D eigenvalue weighted by atomic mass is 19.1. The molecule has 0 spiro atoms. The van der Waals surface area contributed by atoms with Crippen molar-refractivity contribution in [3.63, 3.8) is 0 Å². The van der Waals surface area contributed by atoms with E-state index in [0.717, 1.165) is 12.1 Å². The lowest BCUT2D eigenvalue weighted by Crippen LogP contribution is -2.30. The third-order valence-corrected chi connectivity index (χ3v) is 2.40. The molecule has 0 fully saturated rings. The van der Waals surface area contributed by atoms with Gasteiger partial charge in [-0.25, -0.2) is 9.18 Å². The van der Waals surface area contributed by atoms with Gasteiger partial charge in [-0.3, -0.25) is 10.1 Å². The van der Waals surface area contributed by atoms with Crippen LogP contribution in [0.4, 0.5) is 15.8 Å². The molecule has 0 aliphatic carbocycles. The maximum absolute atomic E-state index is 13.6. The SMILES string of the molecule is CCC(Nc1c(F)cccc1[N+](=O)[O-])C(=O)OC. The van der Waals surface area contributed by atoms with Crippen LogP contribution < -0.4 is 5.32 Å². The molecule has 0 amide bonds. The summed E-state index contributed by atoms with van der Waals surface area (Å²) in [6.07, 6.45) is 0.318. The summed E-state index contributed by atoms with van der Waals surface area (Å²) >= 11 is 0. The number of nitro benzene ring substituents is 1. The van der Waals surface area contributed by atoms with Crippen molar-refractivity contribution in [1.29, 1.82) is 0 Å². The van der Waals surface area contributed by atoms with Gasteiger partial charge in [-0.2, -0.15) is 0 Å². The van der Waals surface area contributed by atoms with Gasteiger partial charge in [-0.05, 0) is 12.5 Å². The van der Waals surface area contributed by atoms with E-state index in [-0.39, 0.29) is 5.69 Å². The molecular formula is C11H13FN2O4. The van der Waals surface area contributed by atoms with Crippen molar-refractivity contribution < 1.29 is 18.8 Å². The topological polar surface area (TPSA) is 81.5 Å². The van der Waals surface area contributed by atoms with E-state index in [1.807, 2.05) is 0 Å². The number of nitro groups is 1. The summed E-state index contributed by atoms with van der Waals surface area (Å²) < 4.78 is 18.1. The van der Waals surface area contributed by atoms with E-state index >= 15 is 0 Å². The summed E-state index contributed by atoms with van der Waals surface area (Å²) in [5.41, 5.74) is -0.725. The average Bonchev–Trinajstić information content (AvgIpc) is 2.36. The number of carbonyl (C=O) groups excluding carboxylic acids is 1. The second-order valence-electron chi connectivity index (χ2n) is 3.52. The Kier molecular flexibility index (Phi) is 4.59. The van der Waals surface area contributed by atoms with Gasteiger partial charge in [0.1, 0.15) is 11.7 Å². The van der Waals surface area contributed by atoms with E-state index in [9.17, 15) is 19.3 Å². The van der Waals surface area contributed by atoms with Gasteiger partial charge in [-0.1, -0.05) is 13.0 Å². The zero-order valence-electron chi connectivity index (χ0n) is 9.97. The van der Waals surface area contributed by atoms with Crippen molar-refractivity contribution in [1.82, 2.24) is 0 Å². The minimum atomic E-state index is -0.828. The third-order valence-electron chi connectivity index (χ3n) is 2.40. The number of benzene rings is 1. The van der Waals surface area contributed by atoms with Crippen LogP contribution in [0.1, 0.15) is 13.3 Å². The molecule has 0 aromatic heterocycles. The van der Waals surface area contributed by atoms with Crippen LogP contribution in [0.25, 0.3) is 0 Å². The number of ether oxygens (including phenoxy) is 1. The number of nitrogens with one attached hydrogen (secondary N) is 1. The van der Waals surface area contributed by atoms with Crippen molar-refractivity contribution in [2.45, 2.75) is 19.4 Å². The molecule has 1 aromatic rings. The number of para-hydroxylation sites is 1. The van der Waals surface area contributed by atoms with Gasteiger partial charge in [-0.15, -0.1) is 0 Å². The Bertz CT molecular complexity index is 464. The lowest BCUT2D eigenvalue weighted by molar-refractivity contribution is -0.384. The molecule has 0 radical (unpaired) electrons. The van der Waals surface area contributed by atoms with Gasteiger partial charge in [0.05, 0.1) is 12.0 Å². The number of halogens is 1. The second kappa shape index (κ2) is 5.95. The first-order chi connectivity index (χ1) is 8.51. The molecule has 18 heavy (non-hydrogen) atoms. The van der Waals surface area contributed by atoms with E-state index < -0.39 is 28.4 Å². The molecule has 0 aliphatic heterocycles. The summed E-state index contributed by atoms with van der Waals surface area (Å²) in [5, 5.41) is 13.3. The van der Waals surface area contributed by atoms with Crippen molar-refractivity contribution in [2.75, 3.05) is 12.4 Å². The van der Waals surface area contributed by atoms with Gasteiger partial charge in [0.25, 0.3) is 5.69 Å². The maximum Gasteiger partial charge on any atom is 0.328 e. The summed E-state index contributed by atoms with van der Waals surface area (Å²) in [7, 11) is 1.20. The van der Waals surface area contributed by atoms with Crippen LogP contribution in [-0.2, 0) is 9.53 Å². The van der Waals surface area contributed by atoms with E-state index in [0.29, 0.717) is 6.42 Å². The van der Waals surface area contributed by atoms with Gasteiger partial charge in [0, 0.05) is 6.07 Å². The molecule has 0 heterocycles. The second-order valence-corrected chi connectivity index (χ2v) is 3.52. The molecule has 6 nitrogen and oxygen atoms in total. The predicted octanol–water partition coefficient (Wildman–Crippen LogP) is 2.10. The molecule has 0 bridgehead atoms. The molecule has 0 aliphatic rings. The smallest absolute Gasteiger partial charge is 0.328 e. The Labute approximate surface area is 103 Å². The highest BCUT2D eigenvalue weighted by Crippen LogP contribution is 2.28. The van der Waals surface area contributed by atoms with Crippen molar-refractivity contribution in [2.24, 2.45) is 0 Å². The number of nitrogens with zero attached hydrogens (tertiary/aromatic N) is 1. The Morgan fingerprint density at radius 2 is 2.28 bits per heavy atom. The summed E-state index contributed by atoms with van der Waals surface area (Å²) in [4.78, 5) is 21.4. The van der Waals surface area contributed by atoms with Crippen LogP contribution in [0.5, 0.6) is 0 Å². The first kappa shape index (κ1) is 13.9. The minimum absolute atomic E-state index is 0.306. The quantitative estimate of drug-likeness (QED) is 0.495. The highest BCUT2D eigenvalue weighted by molar-refractivity contribution is 5.80. The number of carbonyl (C=O) groups is 1. The molecule has 7 heteroatoms. The Balaban J connectivity index is 3.09. The van der Waals surface area contributed by atoms with Crippen LogP contribution in [-0.4, -0.2) is 24.0 Å². The molecule has 98 valence electrons. The molecular weight excluding hydrogens is 243 g/mol. The predicted molar refractivity (Wildman–Crippen MR) is 62.8 cm³/mol. The number of rotatable bonds is 5. The highest BCUT2D eigenvalue weighted by Gasteiger charge is 2.24. The van der Waals surface area contributed by atoms with Crippen molar-refractivity contribution >= 4 is 17.3 Å². The lowest BCUT2D eigenvalue weighted by Gasteiger charge is -2.16. The largest absolute Gasteiger partial charge is 0.467 e. The minimum Gasteiger partial charge on any atom is -0.467 e. The lowest BCUT2D eigenvalue weighted by atomic mass is 10.2. The van der Waals surface area contributed by atoms with E-state index in [2.05, 4.69) is 10.1 Å². The zero-order valence-corrected chi connectivity index (χ0v) is 9.97. The zero-order chi connectivity index (χ0) is 13.7. The van der Waals surface area contributed by atoms with Crippen LogP contribution in [0, 0.1) is 15.9 Å². The molecule has 1 unspecified atom stereocenters. The van der Waals surface area contributed by atoms with Crippen LogP contribution in [0.2, 0.25) is 0 Å².